The number of rotatable bonds is 6. The molecule has 5 heterocycles. The molecule has 40 heavy (non-hydrogen) atoms. The summed E-state index contributed by atoms with van der Waals surface area (Å²) in [5, 5.41) is 9.41. The first kappa shape index (κ1) is 29.1. The van der Waals surface area contributed by atoms with Gasteiger partial charge in [-0.3, -0.25) is 4.79 Å². The number of nitrogens with zero attached hydrogens (tertiary/aromatic N) is 4. The Morgan fingerprint density at radius 3 is 2.05 bits per heavy atom. The van der Waals surface area contributed by atoms with Gasteiger partial charge in [-0.25, -0.2) is 9.97 Å². The first-order valence-electron chi connectivity index (χ1n) is 13.2. The minimum Gasteiger partial charge on any atom is -0.657 e. The Kier molecular flexibility index (Phi) is 8.20. The number of hydrogen-bond donors (Lipinski definition) is 1. The number of fused-ring (bicyclic) bond motifs is 8. The minimum absolute atomic E-state index is 0. The third-order valence-corrected chi connectivity index (χ3v) is 7.83. The van der Waals surface area contributed by atoms with Gasteiger partial charge in [0.2, 0.25) is 0 Å². The Morgan fingerprint density at radius 2 is 1.40 bits per heavy atom. The summed E-state index contributed by atoms with van der Waals surface area (Å²) < 4.78 is 0. The molecule has 0 atom stereocenters. The SMILES string of the molecule is C=CC1=C(C)c2cc3[n-]c(cc4nc(cc5[n-]c(cc1n2)c(C)c5C=C)C(C)=C4CC)c(CCC(=O)O)c3C.[Fe+2]. The van der Waals surface area contributed by atoms with Crippen LogP contribution in [0.3, 0.4) is 0 Å². The van der Waals surface area contributed by atoms with Crippen LogP contribution >= 0.6 is 0 Å². The predicted octanol–water partition coefficient (Wildman–Crippen LogP) is 7.30. The maximum atomic E-state index is 11.5. The summed E-state index contributed by atoms with van der Waals surface area (Å²) in [5.74, 6) is -0.835. The van der Waals surface area contributed by atoms with Crippen molar-refractivity contribution in [3.8, 4) is 0 Å². The summed E-state index contributed by atoms with van der Waals surface area (Å²) in [5.41, 5.74) is 14.6. The molecule has 0 aliphatic carbocycles. The predicted molar refractivity (Wildman–Crippen MR) is 160 cm³/mol. The molecule has 0 saturated carbocycles. The van der Waals surface area contributed by atoms with E-state index < -0.39 is 5.97 Å². The van der Waals surface area contributed by atoms with Crippen LogP contribution in [0.2, 0.25) is 0 Å². The summed E-state index contributed by atoms with van der Waals surface area (Å²) in [4.78, 5) is 31.4. The van der Waals surface area contributed by atoms with E-state index in [0.717, 1.165) is 95.8 Å². The van der Waals surface area contributed by atoms with Crippen molar-refractivity contribution >= 4 is 56.4 Å². The molecule has 5 rings (SSSR count). The van der Waals surface area contributed by atoms with Crippen molar-refractivity contribution in [3.05, 3.63) is 88.5 Å². The molecule has 7 heteroatoms. The van der Waals surface area contributed by atoms with Gasteiger partial charge < -0.3 is 15.1 Å². The number of carbonyl (C=O) groups is 1. The molecule has 6 nitrogen and oxygen atoms in total. The van der Waals surface area contributed by atoms with Gasteiger partial charge in [-0.15, -0.1) is 22.1 Å². The Bertz CT molecular complexity index is 1800. The second-order valence-corrected chi connectivity index (χ2v) is 10.0. The molecular formula is C33H32FeN4O2. The van der Waals surface area contributed by atoms with Crippen LogP contribution in [0, 0.1) is 13.8 Å². The molecule has 2 aliphatic heterocycles. The van der Waals surface area contributed by atoms with Gasteiger partial charge in [0.15, 0.2) is 0 Å². The Morgan fingerprint density at radius 1 is 0.825 bits per heavy atom. The van der Waals surface area contributed by atoms with Gasteiger partial charge in [-0.1, -0.05) is 73.2 Å². The van der Waals surface area contributed by atoms with Gasteiger partial charge >= 0.3 is 23.0 Å². The average molecular weight is 572 g/mol. The zero-order valence-corrected chi connectivity index (χ0v) is 24.6. The van der Waals surface area contributed by atoms with Crippen molar-refractivity contribution in [2.75, 3.05) is 0 Å². The van der Waals surface area contributed by atoms with Gasteiger partial charge in [0.05, 0.1) is 22.8 Å². The Balaban J connectivity index is 0.00000370. The second kappa shape index (κ2) is 11.3. The second-order valence-electron chi connectivity index (χ2n) is 10.0. The molecule has 8 bridgehead atoms. The molecular weight excluding hydrogens is 540 g/mol. The van der Waals surface area contributed by atoms with E-state index in [9.17, 15) is 9.90 Å². The maximum Gasteiger partial charge on any atom is 2.00 e. The van der Waals surface area contributed by atoms with E-state index in [0.29, 0.717) is 6.42 Å². The molecule has 0 amide bonds. The van der Waals surface area contributed by atoms with Crippen molar-refractivity contribution in [1.82, 2.24) is 19.9 Å². The van der Waals surface area contributed by atoms with Crippen LogP contribution in [0.5, 0.6) is 0 Å². The van der Waals surface area contributed by atoms with Crippen LogP contribution in [0.15, 0.2) is 43.5 Å². The van der Waals surface area contributed by atoms with Crippen LogP contribution in [0.25, 0.3) is 50.4 Å². The molecule has 3 aromatic heterocycles. The molecule has 1 N–H and O–H groups in total. The number of hydrogen-bond acceptors (Lipinski definition) is 3. The summed E-state index contributed by atoms with van der Waals surface area (Å²) in [6.45, 7) is 18.4. The third kappa shape index (κ3) is 4.91. The largest absolute Gasteiger partial charge is 2.00 e. The number of allylic oxidation sites excluding steroid dienone is 5. The number of carboxylic acids is 1. The number of aromatic nitrogens is 4. The molecule has 0 fully saturated rings. The van der Waals surface area contributed by atoms with Crippen LogP contribution in [-0.4, -0.2) is 21.0 Å². The summed E-state index contributed by atoms with van der Waals surface area (Å²) in [6.07, 6.45) is 4.90. The Labute approximate surface area is 245 Å². The third-order valence-electron chi connectivity index (χ3n) is 7.83. The fraction of sp³-hybridized carbons (Fsp3) is 0.242. The fourth-order valence-corrected chi connectivity index (χ4v) is 5.51. The molecule has 204 valence electrons. The van der Waals surface area contributed by atoms with Gasteiger partial charge in [-0.05, 0) is 62.8 Å². The molecule has 0 radical (unpaired) electrons. The first-order valence-corrected chi connectivity index (χ1v) is 13.2. The van der Waals surface area contributed by atoms with E-state index in [4.69, 9.17) is 19.9 Å². The van der Waals surface area contributed by atoms with Crippen molar-refractivity contribution in [3.63, 3.8) is 0 Å². The summed E-state index contributed by atoms with van der Waals surface area (Å²) in [6, 6.07) is 8.01. The van der Waals surface area contributed by atoms with E-state index in [1.54, 1.807) is 0 Å². The maximum absolute atomic E-state index is 11.5. The van der Waals surface area contributed by atoms with Crippen LogP contribution < -0.4 is 9.97 Å². The molecule has 0 unspecified atom stereocenters. The zero-order chi connectivity index (χ0) is 28.0. The van der Waals surface area contributed by atoms with E-state index in [1.807, 2.05) is 50.3 Å². The first-order chi connectivity index (χ1) is 18.7. The van der Waals surface area contributed by atoms with Crippen molar-refractivity contribution in [1.29, 1.82) is 0 Å². The zero-order valence-electron chi connectivity index (χ0n) is 23.5. The monoisotopic (exact) mass is 572 g/mol. The van der Waals surface area contributed by atoms with Crippen LogP contribution in [0.4, 0.5) is 0 Å². The standard InChI is InChI=1S/C33H33N4O2.Fe/c1-8-21-17(4)25-13-26-20(7)24(11-12-33(38)39)32(37-26)16-31-23(10-3)19(6)28(36-31)15-30-22(9-2)18(5)27(35-30)14-29(21)34-25;/h8-9,13-16H,1-2,10-12H2,3-7H3,(H2-,34,35,36,37,38,39);/q-1;+2/p-1. The van der Waals surface area contributed by atoms with E-state index >= 15 is 0 Å². The molecule has 0 spiro atoms. The van der Waals surface area contributed by atoms with Gasteiger partial charge in [0.1, 0.15) is 0 Å². The summed E-state index contributed by atoms with van der Waals surface area (Å²) >= 11 is 0. The smallest absolute Gasteiger partial charge is 0.657 e. The molecule has 0 saturated heterocycles. The van der Waals surface area contributed by atoms with E-state index in [2.05, 4.69) is 33.9 Å². The minimum atomic E-state index is -0.835. The summed E-state index contributed by atoms with van der Waals surface area (Å²) in [7, 11) is 0. The van der Waals surface area contributed by atoms with Crippen LogP contribution in [-0.2, 0) is 28.3 Å². The normalized spacial score (nSPS) is 12.9. The topological polar surface area (TPSA) is 91.3 Å². The molecule has 0 aromatic carbocycles. The van der Waals surface area contributed by atoms with Gasteiger partial charge in [0.25, 0.3) is 0 Å². The van der Waals surface area contributed by atoms with Gasteiger partial charge in [0, 0.05) is 12.0 Å². The number of carboxylic acid groups (broad SMARTS) is 1. The van der Waals surface area contributed by atoms with Crippen molar-refractivity contribution < 1.29 is 27.0 Å². The van der Waals surface area contributed by atoms with Crippen molar-refractivity contribution in [2.24, 2.45) is 0 Å². The fourth-order valence-electron chi connectivity index (χ4n) is 5.51. The number of aliphatic carboxylic acids is 1. The average Bonchev–Trinajstić information content (AvgIpc) is 3.55. The van der Waals surface area contributed by atoms with Gasteiger partial charge in [-0.2, -0.15) is 0 Å². The molecule has 2 aliphatic rings. The number of aryl methyl sites for hydroxylation is 3. The van der Waals surface area contributed by atoms with Crippen LogP contribution in [0.1, 0.15) is 78.6 Å². The van der Waals surface area contributed by atoms with E-state index in [1.165, 1.54) is 0 Å². The van der Waals surface area contributed by atoms with E-state index in [-0.39, 0.29) is 23.5 Å². The quantitative estimate of drug-likeness (QED) is 0.312. The Hall–Kier alpha value is -3.93. The van der Waals surface area contributed by atoms with Crippen molar-refractivity contribution in [2.45, 2.75) is 53.9 Å². The molecule has 3 aromatic rings.